The minimum Gasteiger partial charge on any atom is -0.369 e. The van der Waals surface area contributed by atoms with Gasteiger partial charge in [0.2, 0.25) is 16.0 Å². The zero-order valence-electron chi connectivity index (χ0n) is 13.5. The first-order valence-electron chi connectivity index (χ1n) is 7.27. The molecular weight excluding hydrogens is 380 g/mol. The van der Waals surface area contributed by atoms with Crippen LogP contribution >= 0.6 is 22.9 Å². The molecule has 0 aliphatic carbocycles. The van der Waals surface area contributed by atoms with E-state index in [4.69, 9.17) is 22.6 Å². The summed E-state index contributed by atoms with van der Waals surface area (Å²) >= 11 is 7.38. The van der Waals surface area contributed by atoms with E-state index in [0.29, 0.717) is 10.6 Å². The Morgan fingerprint density at radius 2 is 2.12 bits per heavy atom. The van der Waals surface area contributed by atoms with Crippen molar-refractivity contribution in [2.24, 2.45) is 10.7 Å². The Labute approximate surface area is 155 Å². The van der Waals surface area contributed by atoms with Gasteiger partial charge in [-0.3, -0.25) is 0 Å². The van der Waals surface area contributed by atoms with Crippen LogP contribution in [0.1, 0.15) is 17.4 Å². The van der Waals surface area contributed by atoms with Crippen molar-refractivity contribution in [3.8, 4) is 17.2 Å². The summed E-state index contributed by atoms with van der Waals surface area (Å²) in [6, 6.07) is 9.13. The standard InChI is InChI=1S/C16H15ClN4O2S2/c1-16(9-25(22,23)21(2)15(19)20-16)14-6-12(8-24-14)10-3-4-13(17)11(5-10)7-18/h3-6,8H,9H2,1-2H3,(H2,19,20). The van der Waals surface area contributed by atoms with E-state index in [1.165, 1.54) is 18.4 Å². The molecule has 1 aromatic carbocycles. The van der Waals surface area contributed by atoms with Crippen molar-refractivity contribution >= 4 is 38.9 Å². The molecule has 9 heteroatoms. The summed E-state index contributed by atoms with van der Waals surface area (Å²) in [5, 5.41) is 11.4. The van der Waals surface area contributed by atoms with Crippen LogP contribution in [0.3, 0.4) is 0 Å². The lowest BCUT2D eigenvalue weighted by molar-refractivity contribution is 0.482. The summed E-state index contributed by atoms with van der Waals surface area (Å²) < 4.78 is 25.6. The fourth-order valence-corrected chi connectivity index (χ4v) is 5.36. The number of nitriles is 1. The molecule has 2 N–H and O–H groups in total. The molecule has 0 fully saturated rings. The largest absolute Gasteiger partial charge is 0.369 e. The average Bonchev–Trinajstić information content (AvgIpc) is 3.03. The van der Waals surface area contributed by atoms with Gasteiger partial charge in [0.15, 0.2) is 0 Å². The summed E-state index contributed by atoms with van der Waals surface area (Å²) in [6.45, 7) is 1.75. The molecule has 25 heavy (non-hydrogen) atoms. The maximum atomic E-state index is 12.3. The van der Waals surface area contributed by atoms with Crippen molar-refractivity contribution in [1.29, 1.82) is 5.26 Å². The molecule has 1 unspecified atom stereocenters. The van der Waals surface area contributed by atoms with Crippen LogP contribution in [-0.4, -0.2) is 31.5 Å². The molecule has 1 atom stereocenters. The van der Waals surface area contributed by atoms with Gasteiger partial charge in [0, 0.05) is 11.9 Å². The van der Waals surface area contributed by atoms with Crippen LogP contribution in [0.5, 0.6) is 0 Å². The van der Waals surface area contributed by atoms with Gasteiger partial charge in [0.1, 0.15) is 11.6 Å². The van der Waals surface area contributed by atoms with Crippen LogP contribution in [-0.2, 0) is 15.6 Å². The first-order valence-corrected chi connectivity index (χ1v) is 10.1. The molecule has 0 saturated carbocycles. The Morgan fingerprint density at radius 3 is 2.76 bits per heavy atom. The van der Waals surface area contributed by atoms with Crippen LogP contribution in [0.2, 0.25) is 5.02 Å². The molecule has 130 valence electrons. The van der Waals surface area contributed by atoms with Crippen molar-refractivity contribution in [1.82, 2.24) is 4.31 Å². The molecule has 6 nitrogen and oxygen atoms in total. The van der Waals surface area contributed by atoms with Crippen LogP contribution in [0.25, 0.3) is 11.1 Å². The van der Waals surface area contributed by atoms with Gasteiger partial charge in [-0.1, -0.05) is 17.7 Å². The Hall–Kier alpha value is -2.08. The lowest BCUT2D eigenvalue weighted by Gasteiger charge is -2.33. The predicted octanol–water partition coefficient (Wildman–Crippen LogP) is 2.75. The SMILES string of the molecule is CN1C(N)=NC(C)(c2cc(-c3ccc(Cl)c(C#N)c3)cs2)CS1(=O)=O. The van der Waals surface area contributed by atoms with Gasteiger partial charge in [0.25, 0.3) is 0 Å². The minimum absolute atomic E-state index is 0.0260. The predicted molar refractivity (Wildman–Crippen MR) is 100 cm³/mol. The summed E-state index contributed by atoms with van der Waals surface area (Å²) in [5.41, 5.74) is 6.95. The lowest BCUT2D eigenvalue weighted by Crippen LogP contribution is -2.50. The summed E-state index contributed by atoms with van der Waals surface area (Å²) in [4.78, 5) is 5.18. The number of nitrogens with zero attached hydrogens (tertiary/aromatic N) is 3. The van der Waals surface area contributed by atoms with E-state index in [9.17, 15) is 8.42 Å². The molecule has 0 amide bonds. The first-order chi connectivity index (χ1) is 11.7. The molecule has 0 spiro atoms. The number of hydrogen-bond acceptors (Lipinski definition) is 6. The van der Waals surface area contributed by atoms with E-state index >= 15 is 0 Å². The van der Waals surface area contributed by atoms with E-state index in [2.05, 4.69) is 11.1 Å². The number of rotatable bonds is 2. The Balaban J connectivity index is 2.04. The summed E-state index contributed by atoms with van der Waals surface area (Å²) in [7, 11) is -2.12. The van der Waals surface area contributed by atoms with Crippen molar-refractivity contribution < 1.29 is 8.42 Å². The van der Waals surface area contributed by atoms with Gasteiger partial charge in [0.05, 0.1) is 16.3 Å². The van der Waals surface area contributed by atoms with Crippen LogP contribution in [0.15, 0.2) is 34.6 Å². The van der Waals surface area contributed by atoms with Gasteiger partial charge < -0.3 is 5.73 Å². The molecule has 1 aliphatic rings. The van der Waals surface area contributed by atoms with E-state index < -0.39 is 15.6 Å². The van der Waals surface area contributed by atoms with E-state index in [1.54, 1.807) is 19.1 Å². The molecule has 3 rings (SSSR count). The van der Waals surface area contributed by atoms with Gasteiger partial charge in [-0.15, -0.1) is 11.3 Å². The van der Waals surface area contributed by atoms with Crippen molar-refractivity contribution in [3.05, 3.63) is 45.1 Å². The normalized spacial score (nSPS) is 22.3. The number of thiophene rings is 1. The third-order valence-corrected chi connectivity index (χ3v) is 7.58. The summed E-state index contributed by atoms with van der Waals surface area (Å²) in [5.74, 6) is -0.178. The van der Waals surface area contributed by atoms with Gasteiger partial charge in [-0.2, -0.15) is 5.26 Å². The number of guanidine groups is 1. The molecule has 0 bridgehead atoms. The quantitative estimate of drug-likeness (QED) is 0.846. The highest BCUT2D eigenvalue weighted by Gasteiger charge is 2.41. The maximum Gasteiger partial charge on any atom is 0.239 e. The van der Waals surface area contributed by atoms with Crippen LogP contribution in [0, 0.1) is 11.3 Å². The second kappa shape index (κ2) is 6.02. The molecule has 1 aromatic heterocycles. The number of benzene rings is 1. The minimum atomic E-state index is -3.51. The van der Waals surface area contributed by atoms with Crippen molar-refractivity contribution in [2.45, 2.75) is 12.5 Å². The molecule has 2 aromatic rings. The highest BCUT2D eigenvalue weighted by atomic mass is 35.5. The Morgan fingerprint density at radius 1 is 1.40 bits per heavy atom. The molecule has 1 aliphatic heterocycles. The number of halogens is 1. The maximum absolute atomic E-state index is 12.3. The molecule has 0 radical (unpaired) electrons. The number of hydrogen-bond donors (Lipinski definition) is 1. The average molecular weight is 395 g/mol. The summed E-state index contributed by atoms with van der Waals surface area (Å²) in [6.07, 6.45) is 0. The molecular formula is C16H15ClN4O2S2. The smallest absolute Gasteiger partial charge is 0.239 e. The third-order valence-electron chi connectivity index (χ3n) is 4.12. The van der Waals surface area contributed by atoms with Crippen molar-refractivity contribution in [3.63, 3.8) is 0 Å². The zero-order chi connectivity index (χ0) is 18.4. The zero-order valence-corrected chi connectivity index (χ0v) is 15.9. The van der Waals surface area contributed by atoms with Gasteiger partial charge in [-0.25, -0.2) is 17.7 Å². The van der Waals surface area contributed by atoms with Crippen LogP contribution in [0.4, 0.5) is 0 Å². The van der Waals surface area contributed by atoms with E-state index in [0.717, 1.165) is 20.3 Å². The lowest BCUT2D eigenvalue weighted by atomic mass is 10.0. The number of aliphatic imine (C=N–C) groups is 1. The fraction of sp³-hybridized carbons (Fsp3) is 0.250. The second-order valence-electron chi connectivity index (χ2n) is 5.97. The van der Waals surface area contributed by atoms with E-state index in [1.807, 2.05) is 17.5 Å². The Bertz CT molecular complexity index is 1020. The third kappa shape index (κ3) is 3.11. The highest BCUT2D eigenvalue weighted by molar-refractivity contribution is 7.89. The number of nitrogens with two attached hydrogens (primary N) is 1. The number of sulfonamides is 1. The monoisotopic (exact) mass is 394 g/mol. The second-order valence-corrected chi connectivity index (χ2v) is 9.29. The topological polar surface area (TPSA) is 99.5 Å². The van der Waals surface area contributed by atoms with Crippen molar-refractivity contribution in [2.75, 3.05) is 12.8 Å². The van der Waals surface area contributed by atoms with Gasteiger partial charge >= 0.3 is 0 Å². The highest BCUT2D eigenvalue weighted by Crippen LogP contribution is 2.38. The Kier molecular flexibility index (Phi) is 4.27. The van der Waals surface area contributed by atoms with E-state index in [-0.39, 0.29) is 11.7 Å². The fourth-order valence-electron chi connectivity index (χ4n) is 2.64. The first kappa shape index (κ1) is 17.7. The molecule has 0 saturated heterocycles. The molecule has 2 heterocycles. The van der Waals surface area contributed by atoms with Crippen LogP contribution < -0.4 is 5.73 Å². The van der Waals surface area contributed by atoms with Gasteiger partial charge in [-0.05, 0) is 41.6 Å².